The van der Waals surface area contributed by atoms with Crippen molar-refractivity contribution in [3.05, 3.63) is 40.8 Å². The number of carbonyl (C=O) groups excluding carboxylic acids is 1. The van der Waals surface area contributed by atoms with Gasteiger partial charge in [0.05, 0.1) is 17.9 Å². The van der Waals surface area contributed by atoms with Gasteiger partial charge in [0.2, 0.25) is 5.91 Å². The van der Waals surface area contributed by atoms with Crippen molar-refractivity contribution in [3.8, 4) is 0 Å². The average molecular weight is 361 g/mol. The van der Waals surface area contributed by atoms with Gasteiger partial charge in [-0.05, 0) is 39.0 Å². The van der Waals surface area contributed by atoms with Gasteiger partial charge in [0, 0.05) is 31.1 Å². The molecule has 3 heterocycles. The Morgan fingerprint density at radius 1 is 1.40 bits per heavy atom. The molecule has 3 rings (SSSR count). The number of amides is 1. The number of furan rings is 1. The van der Waals surface area contributed by atoms with Gasteiger partial charge in [-0.15, -0.1) is 11.3 Å². The smallest absolute Gasteiger partial charge is 0.250 e. The Kier molecular flexibility index (Phi) is 5.67. The number of aryl methyl sites for hydroxylation is 1. The van der Waals surface area contributed by atoms with Gasteiger partial charge in [0.1, 0.15) is 11.5 Å². The number of hydrogen-bond donors (Lipinski definition) is 1. The molecule has 0 aromatic carbocycles. The highest BCUT2D eigenvalue weighted by Crippen LogP contribution is 2.19. The monoisotopic (exact) mass is 361 g/mol. The number of hydrogen-bond acceptors (Lipinski definition) is 6. The largest absolute Gasteiger partial charge is 0.462 e. The third-order valence-corrected chi connectivity index (χ3v) is 4.63. The van der Waals surface area contributed by atoms with Crippen LogP contribution in [-0.2, 0) is 16.1 Å². The molecular weight excluding hydrogens is 338 g/mol. The molecule has 2 unspecified atom stereocenters. The highest BCUT2D eigenvalue weighted by atomic mass is 32.1. The molecule has 2 aromatic heterocycles. The van der Waals surface area contributed by atoms with Crippen LogP contribution in [0, 0.1) is 6.92 Å². The molecule has 2 aromatic rings. The van der Waals surface area contributed by atoms with Crippen LogP contribution in [0.25, 0.3) is 6.08 Å². The van der Waals surface area contributed by atoms with E-state index in [9.17, 15) is 4.79 Å². The summed E-state index contributed by atoms with van der Waals surface area (Å²) in [6, 6.07) is 3.68. The van der Waals surface area contributed by atoms with E-state index >= 15 is 0 Å². The fourth-order valence-corrected chi connectivity index (χ4v) is 3.63. The van der Waals surface area contributed by atoms with Gasteiger partial charge in [0.15, 0.2) is 5.13 Å². The van der Waals surface area contributed by atoms with E-state index in [-0.39, 0.29) is 18.1 Å². The minimum atomic E-state index is -0.219. The van der Waals surface area contributed by atoms with Crippen molar-refractivity contribution < 1.29 is 13.9 Å². The second-order valence-electron chi connectivity index (χ2n) is 6.37. The molecular formula is C18H23N3O3S. The van der Waals surface area contributed by atoms with Crippen LogP contribution in [0.5, 0.6) is 0 Å². The van der Waals surface area contributed by atoms with Crippen LogP contribution in [0.3, 0.4) is 0 Å². The predicted octanol–water partition coefficient (Wildman–Crippen LogP) is 3.31. The average Bonchev–Trinajstić information content (AvgIpc) is 3.13. The molecule has 1 saturated heterocycles. The van der Waals surface area contributed by atoms with Crippen molar-refractivity contribution >= 4 is 28.5 Å². The summed E-state index contributed by atoms with van der Waals surface area (Å²) in [6.07, 6.45) is 3.56. The minimum absolute atomic E-state index is 0.219. The van der Waals surface area contributed by atoms with E-state index in [4.69, 9.17) is 9.15 Å². The highest BCUT2D eigenvalue weighted by molar-refractivity contribution is 7.13. The lowest BCUT2D eigenvalue weighted by Crippen LogP contribution is -2.44. The third-order valence-electron chi connectivity index (χ3n) is 3.82. The number of morpholine rings is 1. The molecule has 1 amide bonds. The Morgan fingerprint density at radius 2 is 2.16 bits per heavy atom. The van der Waals surface area contributed by atoms with E-state index in [1.807, 2.05) is 24.4 Å². The maximum atomic E-state index is 12.0. The molecule has 25 heavy (non-hydrogen) atoms. The molecule has 1 aliphatic rings. The zero-order valence-electron chi connectivity index (χ0n) is 14.7. The molecule has 0 saturated carbocycles. The first-order chi connectivity index (χ1) is 12.0. The zero-order valence-corrected chi connectivity index (χ0v) is 15.5. The molecule has 1 fully saturated rings. The summed E-state index contributed by atoms with van der Waals surface area (Å²) >= 11 is 1.44. The van der Waals surface area contributed by atoms with E-state index in [2.05, 4.69) is 29.0 Å². The molecule has 0 spiro atoms. The topological polar surface area (TPSA) is 67.6 Å². The maximum absolute atomic E-state index is 12.0. The van der Waals surface area contributed by atoms with Gasteiger partial charge in [-0.3, -0.25) is 15.0 Å². The maximum Gasteiger partial charge on any atom is 0.250 e. The van der Waals surface area contributed by atoms with Crippen molar-refractivity contribution in [1.29, 1.82) is 0 Å². The van der Waals surface area contributed by atoms with Gasteiger partial charge in [-0.25, -0.2) is 4.98 Å². The zero-order chi connectivity index (χ0) is 17.8. The number of rotatable bonds is 5. The second kappa shape index (κ2) is 7.95. The van der Waals surface area contributed by atoms with Gasteiger partial charge in [-0.2, -0.15) is 0 Å². The molecule has 2 atom stereocenters. The van der Waals surface area contributed by atoms with Crippen LogP contribution in [-0.4, -0.2) is 41.1 Å². The number of carbonyl (C=O) groups is 1. The normalized spacial score (nSPS) is 21.7. The summed E-state index contributed by atoms with van der Waals surface area (Å²) in [5.74, 6) is 1.25. The summed E-state index contributed by atoms with van der Waals surface area (Å²) in [4.78, 5) is 18.8. The lowest BCUT2D eigenvalue weighted by atomic mass is 10.2. The van der Waals surface area contributed by atoms with Crippen LogP contribution >= 0.6 is 11.3 Å². The lowest BCUT2D eigenvalue weighted by Gasteiger charge is -2.34. The molecule has 6 nitrogen and oxygen atoms in total. The van der Waals surface area contributed by atoms with Gasteiger partial charge < -0.3 is 9.15 Å². The van der Waals surface area contributed by atoms with Crippen LogP contribution in [0.2, 0.25) is 0 Å². The standard InChI is InChI=1S/C18H23N3O3S/c1-12-4-5-16(24-12)6-7-17(22)20-18-19-15(11-25-18)10-21-8-13(2)23-14(3)9-21/h4-7,11,13-14H,8-10H2,1-3H3,(H,19,20,22)/b7-6+. The van der Waals surface area contributed by atoms with Crippen molar-refractivity contribution in [2.45, 2.75) is 39.5 Å². The lowest BCUT2D eigenvalue weighted by molar-refractivity contribution is -0.111. The van der Waals surface area contributed by atoms with E-state index in [0.717, 1.165) is 31.1 Å². The molecule has 0 bridgehead atoms. The fourth-order valence-electron chi connectivity index (χ4n) is 2.93. The first kappa shape index (κ1) is 17.8. The molecule has 0 aliphatic carbocycles. The number of nitrogens with zero attached hydrogens (tertiary/aromatic N) is 2. The van der Waals surface area contributed by atoms with E-state index in [1.165, 1.54) is 17.4 Å². The summed E-state index contributed by atoms with van der Waals surface area (Å²) < 4.78 is 11.1. The van der Waals surface area contributed by atoms with E-state index in [1.54, 1.807) is 6.08 Å². The number of aromatic nitrogens is 1. The van der Waals surface area contributed by atoms with Crippen molar-refractivity contribution in [1.82, 2.24) is 9.88 Å². The molecule has 0 radical (unpaired) electrons. The van der Waals surface area contributed by atoms with E-state index in [0.29, 0.717) is 10.9 Å². The van der Waals surface area contributed by atoms with Crippen LogP contribution in [0.15, 0.2) is 28.0 Å². The number of ether oxygens (including phenoxy) is 1. The first-order valence-corrected chi connectivity index (χ1v) is 9.23. The van der Waals surface area contributed by atoms with Gasteiger partial charge in [-0.1, -0.05) is 0 Å². The van der Waals surface area contributed by atoms with Crippen molar-refractivity contribution in [2.75, 3.05) is 18.4 Å². The molecule has 134 valence electrons. The second-order valence-corrected chi connectivity index (χ2v) is 7.22. The Bertz CT molecular complexity index is 742. The fraction of sp³-hybridized carbons (Fsp3) is 0.444. The number of thiazole rings is 1. The SMILES string of the molecule is Cc1ccc(/C=C/C(=O)Nc2nc(CN3CC(C)OC(C)C3)cs2)o1. The summed E-state index contributed by atoms with van der Waals surface area (Å²) in [5.41, 5.74) is 0.965. The Morgan fingerprint density at radius 3 is 2.84 bits per heavy atom. The summed E-state index contributed by atoms with van der Waals surface area (Å²) in [5, 5.41) is 5.38. The molecule has 1 aliphatic heterocycles. The Hall–Kier alpha value is -1.96. The predicted molar refractivity (Wildman–Crippen MR) is 98.5 cm³/mol. The highest BCUT2D eigenvalue weighted by Gasteiger charge is 2.22. The summed E-state index contributed by atoms with van der Waals surface area (Å²) in [6.45, 7) is 8.60. The van der Waals surface area contributed by atoms with Crippen LogP contribution in [0.4, 0.5) is 5.13 Å². The number of nitrogens with one attached hydrogen (secondary N) is 1. The van der Waals surface area contributed by atoms with Gasteiger partial charge in [0.25, 0.3) is 0 Å². The van der Waals surface area contributed by atoms with Crippen molar-refractivity contribution in [3.63, 3.8) is 0 Å². The molecule has 7 heteroatoms. The Balaban J connectivity index is 1.52. The summed E-state index contributed by atoms with van der Waals surface area (Å²) in [7, 11) is 0. The number of anilines is 1. The van der Waals surface area contributed by atoms with Crippen molar-refractivity contribution in [2.24, 2.45) is 0 Å². The minimum Gasteiger partial charge on any atom is -0.462 e. The Labute approximate surface area is 151 Å². The molecule has 1 N–H and O–H groups in total. The van der Waals surface area contributed by atoms with Gasteiger partial charge >= 0.3 is 0 Å². The van der Waals surface area contributed by atoms with Crippen LogP contribution in [0.1, 0.15) is 31.1 Å². The third kappa shape index (κ3) is 5.26. The van der Waals surface area contributed by atoms with Crippen LogP contribution < -0.4 is 5.32 Å². The first-order valence-electron chi connectivity index (χ1n) is 8.35. The van der Waals surface area contributed by atoms with E-state index < -0.39 is 0 Å². The quantitative estimate of drug-likeness (QED) is 0.828.